The van der Waals surface area contributed by atoms with E-state index in [1.165, 1.54) is 39.0 Å². The Kier molecular flexibility index (Phi) is 5.06. The first kappa shape index (κ1) is 21.0. The van der Waals surface area contributed by atoms with E-state index in [1.807, 2.05) is 0 Å². The van der Waals surface area contributed by atoms with E-state index in [0.717, 1.165) is 76.0 Å². The van der Waals surface area contributed by atoms with Crippen LogP contribution in [0.3, 0.4) is 0 Å². The van der Waals surface area contributed by atoms with Crippen molar-refractivity contribution in [2.24, 2.45) is 0 Å². The lowest BCUT2D eigenvalue weighted by molar-refractivity contribution is -0.671. The van der Waals surface area contributed by atoms with Gasteiger partial charge in [0, 0.05) is 49.9 Å². The van der Waals surface area contributed by atoms with Gasteiger partial charge < -0.3 is 23.8 Å². The average Bonchev–Trinajstić information content (AvgIpc) is 3.36. The van der Waals surface area contributed by atoms with Crippen LogP contribution in [0.2, 0.25) is 0 Å². The summed E-state index contributed by atoms with van der Waals surface area (Å²) in [5.41, 5.74) is 7.44. The van der Waals surface area contributed by atoms with Gasteiger partial charge in [0.15, 0.2) is 23.4 Å². The number of aryl methyl sites for hydroxylation is 1. The molecule has 1 saturated heterocycles. The molecule has 4 aliphatic heterocycles. The molecule has 0 spiro atoms. The fraction of sp³-hybridized carbons (Fsp3) is 0.393. The number of hydrogen-bond acceptors (Lipinski definition) is 6. The highest BCUT2D eigenvalue weighted by molar-refractivity contribution is 6.10. The standard InChI is InChI=1S/C28H30N3O4/c1-32-24-4-3-20-15-23-21-17-26-25(34-18-35-26)16-19(21)5-10-31(23)22-6-9-30(28(24)27(20)22)8-2-7-29-11-13-33-14-12-29/h3-4,6,9,15-17H,2,5,7-8,10-14,18H2,1H3/q+1. The number of hydrogen-bond donors (Lipinski definition) is 0. The lowest BCUT2D eigenvalue weighted by atomic mass is 9.90. The number of ether oxygens (including phenoxy) is 4. The van der Waals surface area contributed by atoms with E-state index in [0.29, 0.717) is 6.79 Å². The van der Waals surface area contributed by atoms with Gasteiger partial charge in [-0.1, -0.05) is 6.07 Å². The second-order valence-corrected chi connectivity index (χ2v) is 9.58. The molecule has 180 valence electrons. The van der Waals surface area contributed by atoms with Crippen LogP contribution in [-0.4, -0.2) is 58.2 Å². The molecule has 0 aliphatic carbocycles. The van der Waals surface area contributed by atoms with Crippen LogP contribution >= 0.6 is 0 Å². The highest BCUT2D eigenvalue weighted by atomic mass is 16.7. The molecular formula is C28H30N3O4+. The molecule has 4 aliphatic rings. The third-order valence-corrected chi connectivity index (χ3v) is 7.68. The summed E-state index contributed by atoms with van der Waals surface area (Å²) in [7, 11) is 1.77. The van der Waals surface area contributed by atoms with Gasteiger partial charge in [-0.2, -0.15) is 4.57 Å². The molecule has 0 bridgehead atoms. The van der Waals surface area contributed by atoms with Gasteiger partial charge in [-0.3, -0.25) is 4.90 Å². The summed E-state index contributed by atoms with van der Waals surface area (Å²) in [6, 6.07) is 10.9. The van der Waals surface area contributed by atoms with E-state index in [9.17, 15) is 0 Å². The molecule has 0 N–H and O–H groups in total. The average molecular weight is 473 g/mol. The van der Waals surface area contributed by atoms with Gasteiger partial charge in [0.2, 0.25) is 6.79 Å². The van der Waals surface area contributed by atoms with E-state index < -0.39 is 0 Å². The molecule has 0 radical (unpaired) electrons. The van der Waals surface area contributed by atoms with Crippen molar-refractivity contribution in [1.29, 1.82) is 0 Å². The minimum Gasteiger partial charge on any atom is -0.490 e. The molecule has 7 nitrogen and oxygen atoms in total. The number of pyridine rings is 1. The Morgan fingerprint density at radius 3 is 2.74 bits per heavy atom. The first-order valence-corrected chi connectivity index (χ1v) is 12.6. The van der Waals surface area contributed by atoms with Gasteiger partial charge in [0.1, 0.15) is 6.54 Å². The van der Waals surface area contributed by atoms with Crippen LogP contribution in [0.4, 0.5) is 5.69 Å². The zero-order valence-electron chi connectivity index (χ0n) is 20.1. The normalized spacial score (nSPS) is 18.3. The lowest BCUT2D eigenvalue weighted by Crippen LogP contribution is -2.41. The van der Waals surface area contributed by atoms with Crippen molar-refractivity contribution < 1.29 is 23.5 Å². The number of anilines is 1. The first-order valence-electron chi connectivity index (χ1n) is 12.6. The van der Waals surface area contributed by atoms with Crippen molar-refractivity contribution in [3.63, 3.8) is 0 Å². The summed E-state index contributed by atoms with van der Waals surface area (Å²) in [5, 5.41) is 1.27. The second-order valence-electron chi connectivity index (χ2n) is 9.58. The maximum absolute atomic E-state index is 5.87. The number of fused-ring (bicyclic) bond motifs is 5. The largest absolute Gasteiger partial charge is 0.490 e. The van der Waals surface area contributed by atoms with Crippen molar-refractivity contribution in [2.75, 3.05) is 58.2 Å². The predicted octanol–water partition coefficient (Wildman–Crippen LogP) is 3.46. The van der Waals surface area contributed by atoms with Gasteiger partial charge in [0.25, 0.3) is 5.52 Å². The van der Waals surface area contributed by atoms with Crippen LogP contribution in [0.25, 0.3) is 22.7 Å². The number of rotatable bonds is 5. The zero-order chi connectivity index (χ0) is 23.4. The molecule has 1 fully saturated rings. The first-order chi connectivity index (χ1) is 17.3. The Bertz CT molecular complexity index is 1350. The third-order valence-electron chi connectivity index (χ3n) is 7.68. The van der Waals surface area contributed by atoms with Crippen molar-refractivity contribution in [2.45, 2.75) is 19.4 Å². The van der Waals surface area contributed by atoms with Gasteiger partial charge in [-0.05, 0) is 41.8 Å². The minimum absolute atomic E-state index is 0.300. The van der Waals surface area contributed by atoms with Crippen LogP contribution < -0.4 is 23.7 Å². The Balaban J connectivity index is 1.28. The number of morpholine rings is 1. The summed E-state index contributed by atoms with van der Waals surface area (Å²) in [6.45, 7) is 7.03. The molecule has 35 heavy (non-hydrogen) atoms. The summed E-state index contributed by atoms with van der Waals surface area (Å²) >= 11 is 0. The van der Waals surface area contributed by atoms with Gasteiger partial charge in [-0.25, -0.2) is 0 Å². The molecule has 0 saturated carbocycles. The van der Waals surface area contributed by atoms with Gasteiger partial charge >= 0.3 is 0 Å². The topological polar surface area (TPSA) is 47.3 Å². The Hall–Kier alpha value is -3.29. The number of aromatic nitrogens is 1. The van der Waals surface area contributed by atoms with Crippen LogP contribution in [-0.2, 0) is 17.7 Å². The number of nitrogens with zero attached hydrogens (tertiary/aromatic N) is 3. The van der Waals surface area contributed by atoms with Crippen molar-refractivity contribution in [3.8, 4) is 17.2 Å². The van der Waals surface area contributed by atoms with Gasteiger partial charge in [0.05, 0.1) is 31.4 Å². The molecular weight excluding hydrogens is 442 g/mol. The molecule has 2 aromatic carbocycles. The molecule has 0 atom stereocenters. The van der Waals surface area contributed by atoms with Crippen molar-refractivity contribution in [3.05, 3.63) is 53.2 Å². The minimum atomic E-state index is 0.300. The predicted molar refractivity (Wildman–Crippen MR) is 134 cm³/mol. The van der Waals surface area contributed by atoms with Crippen molar-refractivity contribution in [1.82, 2.24) is 4.90 Å². The smallest absolute Gasteiger partial charge is 0.257 e. The molecule has 5 heterocycles. The van der Waals surface area contributed by atoms with E-state index in [2.05, 4.69) is 57.0 Å². The fourth-order valence-corrected chi connectivity index (χ4v) is 5.93. The van der Waals surface area contributed by atoms with Gasteiger partial charge in [-0.15, -0.1) is 0 Å². The molecule has 3 aromatic rings. The van der Waals surface area contributed by atoms with Crippen LogP contribution in [0.1, 0.15) is 23.1 Å². The summed E-state index contributed by atoms with van der Waals surface area (Å²) in [4.78, 5) is 4.95. The summed E-state index contributed by atoms with van der Waals surface area (Å²) in [5.74, 6) is 2.62. The molecule has 1 aromatic heterocycles. The van der Waals surface area contributed by atoms with Crippen LogP contribution in [0.5, 0.6) is 17.2 Å². The van der Waals surface area contributed by atoms with E-state index in [-0.39, 0.29) is 0 Å². The Morgan fingerprint density at radius 1 is 1.03 bits per heavy atom. The second kappa shape index (κ2) is 8.43. The van der Waals surface area contributed by atoms with Crippen LogP contribution in [0.15, 0.2) is 36.5 Å². The molecule has 7 heteroatoms. The van der Waals surface area contributed by atoms with Crippen molar-refractivity contribution >= 4 is 28.4 Å². The SMILES string of the molecule is COc1ccc2c3c(cc[n+](CCCN4CCOCC4)c13)N1CCc3cc4c(cc3C1=C2)OCO4. The maximum Gasteiger partial charge on any atom is 0.257 e. The fourth-order valence-electron chi connectivity index (χ4n) is 5.93. The molecule has 0 amide bonds. The zero-order valence-corrected chi connectivity index (χ0v) is 20.1. The van der Waals surface area contributed by atoms with E-state index in [4.69, 9.17) is 18.9 Å². The Morgan fingerprint density at radius 2 is 1.89 bits per heavy atom. The lowest BCUT2D eigenvalue weighted by Gasteiger charge is -2.36. The number of benzene rings is 2. The third kappa shape index (κ3) is 3.45. The monoisotopic (exact) mass is 472 g/mol. The summed E-state index contributed by atoms with van der Waals surface area (Å²) in [6.07, 6.45) is 6.63. The highest BCUT2D eigenvalue weighted by Gasteiger charge is 2.33. The quantitative estimate of drug-likeness (QED) is 0.530. The highest BCUT2D eigenvalue weighted by Crippen LogP contribution is 2.47. The Labute approximate surface area is 205 Å². The van der Waals surface area contributed by atoms with E-state index >= 15 is 0 Å². The molecule has 7 rings (SSSR count). The molecule has 0 unspecified atom stereocenters. The number of methoxy groups -OCH3 is 1. The maximum atomic E-state index is 5.87. The summed E-state index contributed by atoms with van der Waals surface area (Å²) < 4.78 is 25.1. The van der Waals surface area contributed by atoms with Crippen LogP contribution in [0, 0.1) is 0 Å². The van der Waals surface area contributed by atoms with E-state index in [1.54, 1.807) is 7.11 Å².